The van der Waals surface area contributed by atoms with Gasteiger partial charge in [0.05, 0.1) is 6.54 Å². The van der Waals surface area contributed by atoms with Crippen LogP contribution in [0.15, 0.2) is 4.99 Å². The summed E-state index contributed by atoms with van der Waals surface area (Å²) in [5, 5.41) is 3.27. The van der Waals surface area contributed by atoms with Crippen LogP contribution in [0.4, 0.5) is 0 Å². The lowest BCUT2D eigenvalue weighted by Gasteiger charge is -2.25. The third-order valence-electron chi connectivity index (χ3n) is 3.53. The fourth-order valence-electron chi connectivity index (χ4n) is 2.22. The van der Waals surface area contributed by atoms with Gasteiger partial charge in [-0.3, -0.25) is 9.79 Å². The molecule has 0 rings (SSSR count). The number of likely N-dealkylation sites (N-methyl/N-ethyl adjacent to an activating group) is 2. The number of carbonyl (C=O) groups is 1. The second-order valence-electron chi connectivity index (χ2n) is 6.82. The molecule has 0 aromatic heterocycles. The molecule has 0 atom stereocenters. The van der Waals surface area contributed by atoms with Crippen molar-refractivity contribution in [3.8, 4) is 0 Å². The number of nitrogens with one attached hydrogen (secondary N) is 1. The number of hydrogen-bond donors (Lipinski definition) is 1. The van der Waals surface area contributed by atoms with Crippen molar-refractivity contribution in [2.24, 2.45) is 10.4 Å². The molecule has 0 unspecified atom stereocenters. The Morgan fingerprint density at radius 2 is 1.70 bits per heavy atom. The molecule has 0 bridgehead atoms. The summed E-state index contributed by atoms with van der Waals surface area (Å²) < 4.78 is 0. The number of guanidine groups is 1. The molecule has 0 aromatic carbocycles. The Hall–Kier alpha value is -0.530. The molecule has 0 saturated heterocycles. The van der Waals surface area contributed by atoms with E-state index in [1.54, 1.807) is 0 Å². The average molecular weight is 440 g/mol. The third kappa shape index (κ3) is 11.6. The van der Waals surface area contributed by atoms with Crippen LogP contribution < -0.4 is 5.32 Å². The zero-order valence-electron chi connectivity index (χ0n) is 16.1. The topological polar surface area (TPSA) is 47.9 Å². The van der Waals surface area contributed by atoms with Crippen LogP contribution >= 0.6 is 24.0 Å². The van der Waals surface area contributed by atoms with Crippen molar-refractivity contribution < 1.29 is 4.79 Å². The van der Waals surface area contributed by atoms with E-state index in [1.807, 2.05) is 37.6 Å². The van der Waals surface area contributed by atoms with E-state index in [0.29, 0.717) is 12.0 Å². The van der Waals surface area contributed by atoms with Crippen LogP contribution in [0.1, 0.15) is 54.4 Å². The van der Waals surface area contributed by atoms with Gasteiger partial charge in [-0.1, -0.05) is 20.8 Å². The summed E-state index contributed by atoms with van der Waals surface area (Å²) in [6, 6.07) is 0. The first-order valence-electron chi connectivity index (χ1n) is 8.52. The molecule has 1 amide bonds. The molecule has 0 fully saturated rings. The van der Waals surface area contributed by atoms with Crippen molar-refractivity contribution in [1.29, 1.82) is 0 Å². The summed E-state index contributed by atoms with van der Waals surface area (Å²) in [4.78, 5) is 20.6. The number of carbonyl (C=O) groups excluding carboxylic acids is 1. The van der Waals surface area contributed by atoms with Crippen LogP contribution in [0.5, 0.6) is 0 Å². The van der Waals surface area contributed by atoms with Gasteiger partial charge in [0.15, 0.2) is 5.96 Å². The van der Waals surface area contributed by atoms with Gasteiger partial charge in [-0.05, 0) is 39.0 Å². The number of amides is 1. The number of hydrogen-bond acceptors (Lipinski definition) is 2. The Balaban J connectivity index is 0. The van der Waals surface area contributed by atoms with Gasteiger partial charge in [-0.15, -0.1) is 24.0 Å². The predicted octanol–water partition coefficient (Wildman–Crippen LogP) is 3.20. The standard InChI is InChI=1S/C17H36N4O.HI/c1-8-18-16(19-13-11-12-17(4,5)6)20(7)14-15(22)21(9-2)10-3;/h8-14H2,1-7H3,(H,18,19);1H. The number of halogens is 1. The molecule has 5 nitrogen and oxygen atoms in total. The molecule has 0 aliphatic carbocycles. The van der Waals surface area contributed by atoms with Crippen LogP contribution in [-0.2, 0) is 4.79 Å². The summed E-state index contributed by atoms with van der Waals surface area (Å²) in [6.07, 6.45) is 2.22. The van der Waals surface area contributed by atoms with Crippen molar-refractivity contribution in [1.82, 2.24) is 15.1 Å². The van der Waals surface area contributed by atoms with E-state index in [1.165, 1.54) is 0 Å². The van der Waals surface area contributed by atoms with E-state index in [9.17, 15) is 4.79 Å². The van der Waals surface area contributed by atoms with E-state index >= 15 is 0 Å². The van der Waals surface area contributed by atoms with Crippen molar-refractivity contribution in [2.75, 3.05) is 39.8 Å². The van der Waals surface area contributed by atoms with Gasteiger partial charge in [0.1, 0.15) is 0 Å². The number of nitrogens with zero attached hydrogens (tertiary/aromatic N) is 3. The quantitative estimate of drug-likeness (QED) is 0.273. The SMILES string of the molecule is CCNC(=NCCCC(C)(C)C)N(C)CC(=O)N(CC)CC.I. The molecule has 1 N–H and O–H groups in total. The molecular weight excluding hydrogens is 403 g/mol. The second kappa shape index (κ2) is 12.8. The van der Waals surface area contributed by atoms with Gasteiger partial charge in [0.25, 0.3) is 0 Å². The minimum atomic E-state index is 0. The monoisotopic (exact) mass is 440 g/mol. The molecule has 0 saturated carbocycles. The minimum absolute atomic E-state index is 0. The Labute approximate surface area is 160 Å². The summed E-state index contributed by atoms with van der Waals surface area (Å²) in [5.74, 6) is 0.963. The highest BCUT2D eigenvalue weighted by molar-refractivity contribution is 14.0. The van der Waals surface area contributed by atoms with E-state index in [2.05, 4.69) is 31.1 Å². The molecule has 138 valence electrons. The highest BCUT2D eigenvalue weighted by Crippen LogP contribution is 2.20. The van der Waals surface area contributed by atoms with Crippen LogP contribution in [-0.4, -0.2) is 61.4 Å². The lowest BCUT2D eigenvalue weighted by molar-refractivity contribution is -0.131. The molecular formula is C17H37IN4O. The lowest BCUT2D eigenvalue weighted by Crippen LogP contribution is -2.45. The summed E-state index contributed by atoms with van der Waals surface area (Å²) in [7, 11) is 1.92. The Kier molecular flexibility index (Phi) is 13.8. The maximum absolute atomic E-state index is 12.2. The summed E-state index contributed by atoms with van der Waals surface area (Å²) >= 11 is 0. The average Bonchev–Trinajstić information content (AvgIpc) is 2.42. The molecule has 0 aliphatic rings. The molecule has 0 spiro atoms. The zero-order chi connectivity index (χ0) is 17.2. The lowest BCUT2D eigenvalue weighted by atomic mass is 9.91. The number of aliphatic imine (C=N–C) groups is 1. The van der Waals surface area contributed by atoms with E-state index in [-0.39, 0.29) is 29.9 Å². The fourth-order valence-corrected chi connectivity index (χ4v) is 2.22. The first kappa shape index (κ1) is 24.7. The first-order valence-corrected chi connectivity index (χ1v) is 8.52. The summed E-state index contributed by atoms with van der Waals surface area (Å²) in [6.45, 7) is 16.3. The predicted molar refractivity (Wildman–Crippen MR) is 111 cm³/mol. The van der Waals surface area contributed by atoms with E-state index in [0.717, 1.165) is 45.0 Å². The van der Waals surface area contributed by atoms with Gasteiger partial charge in [0, 0.05) is 33.2 Å². The Morgan fingerprint density at radius 1 is 1.13 bits per heavy atom. The minimum Gasteiger partial charge on any atom is -0.357 e. The number of rotatable bonds is 8. The molecule has 0 heterocycles. The highest BCUT2D eigenvalue weighted by atomic mass is 127. The van der Waals surface area contributed by atoms with Gasteiger partial charge >= 0.3 is 0 Å². The highest BCUT2D eigenvalue weighted by Gasteiger charge is 2.15. The smallest absolute Gasteiger partial charge is 0.242 e. The summed E-state index contributed by atoms with van der Waals surface area (Å²) in [5.41, 5.74) is 0.346. The normalized spacial score (nSPS) is 11.7. The van der Waals surface area contributed by atoms with Gasteiger partial charge in [0.2, 0.25) is 5.91 Å². The molecule has 0 aliphatic heterocycles. The van der Waals surface area contributed by atoms with Crippen LogP contribution in [0.2, 0.25) is 0 Å². The zero-order valence-corrected chi connectivity index (χ0v) is 18.4. The fraction of sp³-hybridized carbons (Fsp3) is 0.882. The van der Waals surface area contributed by atoms with Crippen molar-refractivity contribution in [3.63, 3.8) is 0 Å². The molecule has 0 aromatic rings. The largest absolute Gasteiger partial charge is 0.357 e. The van der Waals surface area contributed by atoms with E-state index in [4.69, 9.17) is 0 Å². The second-order valence-corrected chi connectivity index (χ2v) is 6.82. The van der Waals surface area contributed by atoms with Crippen LogP contribution in [0.3, 0.4) is 0 Å². The molecule has 6 heteroatoms. The van der Waals surface area contributed by atoms with Crippen LogP contribution in [0.25, 0.3) is 0 Å². The maximum atomic E-state index is 12.2. The van der Waals surface area contributed by atoms with Gasteiger partial charge in [-0.25, -0.2) is 0 Å². The van der Waals surface area contributed by atoms with Crippen molar-refractivity contribution >= 4 is 35.8 Å². The van der Waals surface area contributed by atoms with Gasteiger partial charge in [-0.2, -0.15) is 0 Å². The van der Waals surface area contributed by atoms with Crippen LogP contribution in [0, 0.1) is 5.41 Å². The third-order valence-corrected chi connectivity index (χ3v) is 3.53. The van der Waals surface area contributed by atoms with E-state index < -0.39 is 0 Å². The molecule has 23 heavy (non-hydrogen) atoms. The van der Waals surface area contributed by atoms with Crippen molar-refractivity contribution in [3.05, 3.63) is 0 Å². The Morgan fingerprint density at radius 3 is 2.13 bits per heavy atom. The van der Waals surface area contributed by atoms with Crippen molar-refractivity contribution in [2.45, 2.75) is 54.4 Å². The molecule has 0 radical (unpaired) electrons. The maximum Gasteiger partial charge on any atom is 0.242 e. The van der Waals surface area contributed by atoms with Gasteiger partial charge < -0.3 is 15.1 Å². The Bertz CT molecular complexity index is 349. The first-order chi connectivity index (χ1) is 10.2.